The number of nitrogens with zero attached hydrogens (tertiary/aromatic N) is 3. The molecule has 21 heavy (non-hydrogen) atoms. The van der Waals surface area contributed by atoms with E-state index in [1.165, 1.54) is 12.1 Å². The molecule has 10 nitrogen and oxygen atoms in total. The molecular weight excluding hydrogens is 324 g/mol. The molecule has 0 saturated heterocycles. The summed E-state index contributed by atoms with van der Waals surface area (Å²) in [6.45, 7) is 0. The lowest BCUT2D eigenvalue weighted by molar-refractivity contribution is 0.479. The van der Waals surface area contributed by atoms with Crippen molar-refractivity contribution in [1.82, 2.24) is 0 Å². The van der Waals surface area contributed by atoms with Gasteiger partial charge in [-0.05, 0) is 18.2 Å². The molecule has 0 fully saturated rings. The van der Waals surface area contributed by atoms with Crippen LogP contribution in [0.2, 0.25) is 0 Å². The lowest BCUT2D eigenvalue weighted by atomic mass is 10.3. The SMILES string of the molecule is N#CC(C#N)=NNc1cc(S(=O)(=O)O)ccc1S(=O)(=O)O. The number of nitriles is 2. The van der Waals surface area contributed by atoms with Gasteiger partial charge in [-0.25, -0.2) is 0 Å². The average molecular weight is 330 g/mol. The lowest BCUT2D eigenvalue weighted by Crippen LogP contribution is -2.07. The zero-order chi connectivity index (χ0) is 16.3. The molecule has 0 radical (unpaired) electrons. The maximum Gasteiger partial charge on any atom is 0.296 e. The quantitative estimate of drug-likeness (QED) is 0.388. The van der Waals surface area contributed by atoms with E-state index in [0.29, 0.717) is 12.1 Å². The van der Waals surface area contributed by atoms with Crippen LogP contribution in [0.3, 0.4) is 0 Å². The van der Waals surface area contributed by atoms with E-state index in [1.807, 2.05) is 5.43 Å². The summed E-state index contributed by atoms with van der Waals surface area (Å²) in [4.78, 5) is -1.43. The highest BCUT2D eigenvalue weighted by atomic mass is 32.2. The van der Waals surface area contributed by atoms with Crippen molar-refractivity contribution in [1.29, 1.82) is 10.5 Å². The first-order valence-electron chi connectivity index (χ1n) is 4.82. The van der Waals surface area contributed by atoms with Crippen molar-refractivity contribution in [2.24, 2.45) is 5.10 Å². The molecule has 0 aliphatic rings. The smallest absolute Gasteiger partial charge is 0.282 e. The van der Waals surface area contributed by atoms with Gasteiger partial charge in [-0.15, -0.1) is 0 Å². The van der Waals surface area contributed by atoms with Crippen LogP contribution in [-0.4, -0.2) is 31.7 Å². The molecule has 0 aliphatic heterocycles. The van der Waals surface area contributed by atoms with E-state index in [0.717, 1.165) is 6.07 Å². The highest BCUT2D eigenvalue weighted by Gasteiger charge is 2.19. The van der Waals surface area contributed by atoms with Crippen LogP contribution < -0.4 is 5.43 Å². The highest BCUT2D eigenvalue weighted by Crippen LogP contribution is 2.25. The number of anilines is 1. The van der Waals surface area contributed by atoms with Crippen LogP contribution in [0.15, 0.2) is 33.1 Å². The van der Waals surface area contributed by atoms with Gasteiger partial charge >= 0.3 is 0 Å². The minimum Gasteiger partial charge on any atom is -0.282 e. The van der Waals surface area contributed by atoms with Crippen LogP contribution in [-0.2, 0) is 20.2 Å². The molecule has 1 aromatic carbocycles. The van der Waals surface area contributed by atoms with Gasteiger partial charge in [0.25, 0.3) is 20.2 Å². The minimum atomic E-state index is -4.73. The van der Waals surface area contributed by atoms with Crippen molar-refractivity contribution in [3.8, 4) is 12.1 Å². The number of nitrogens with one attached hydrogen (secondary N) is 1. The first-order chi connectivity index (χ1) is 9.59. The average Bonchev–Trinajstić information content (AvgIpc) is 2.37. The Balaban J connectivity index is 3.49. The van der Waals surface area contributed by atoms with Crippen LogP contribution in [0.5, 0.6) is 0 Å². The van der Waals surface area contributed by atoms with E-state index in [9.17, 15) is 16.8 Å². The summed E-state index contributed by atoms with van der Waals surface area (Å²) in [5.41, 5.74) is 0.744. The molecule has 0 saturated carbocycles. The van der Waals surface area contributed by atoms with E-state index in [1.54, 1.807) is 0 Å². The molecule has 0 bridgehead atoms. The molecule has 3 N–H and O–H groups in total. The second kappa shape index (κ2) is 5.86. The maximum absolute atomic E-state index is 11.1. The Morgan fingerprint density at radius 1 is 1.10 bits per heavy atom. The number of hydrogen-bond acceptors (Lipinski definition) is 8. The zero-order valence-corrected chi connectivity index (χ0v) is 11.6. The van der Waals surface area contributed by atoms with Gasteiger partial charge in [-0.2, -0.15) is 32.5 Å². The molecule has 0 spiro atoms. The zero-order valence-electron chi connectivity index (χ0n) is 9.92. The van der Waals surface area contributed by atoms with E-state index in [4.69, 9.17) is 19.6 Å². The molecule has 12 heteroatoms. The molecule has 1 aromatic rings. The summed E-state index contributed by atoms with van der Waals surface area (Å²) in [7, 11) is -9.36. The van der Waals surface area contributed by atoms with E-state index < -0.39 is 41.4 Å². The fourth-order valence-corrected chi connectivity index (χ4v) is 2.30. The summed E-state index contributed by atoms with van der Waals surface area (Å²) in [6.07, 6.45) is 0. The van der Waals surface area contributed by atoms with Gasteiger partial charge in [-0.1, -0.05) is 0 Å². The first-order valence-corrected chi connectivity index (χ1v) is 7.70. The van der Waals surface area contributed by atoms with Crippen molar-refractivity contribution in [3.63, 3.8) is 0 Å². The Morgan fingerprint density at radius 2 is 1.67 bits per heavy atom. The Hall–Kier alpha value is -2.51. The Labute approximate surface area is 119 Å². The maximum atomic E-state index is 11.1. The van der Waals surface area contributed by atoms with Gasteiger partial charge in [-0.3, -0.25) is 14.5 Å². The highest BCUT2D eigenvalue weighted by molar-refractivity contribution is 7.86. The third-order valence-electron chi connectivity index (χ3n) is 2.03. The summed E-state index contributed by atoms with van der Waals surface area (Å²) in [5.74, 6) is 0. The fraction of sp³-hybridized carbons (Fsp3) is 0. The predicted molar refractivity (Wildman–Crippen MR) is 68.4 cm³/mol. The van der Waals surface area contributed by atoms with Gasteiger partial charge in [0.1, 0.15) is 17.0 Å². The third kappa shape index (κ3) is 4.23. The van der Waals surface area contributed by atoms with Crippen molar-refractivity contribution in [2.75, 3.05) is 5.43 Å². The molecule has 0 unspecified atom stereocenters. The Bertz CT molecular complexity index is 873. The van der Waals surface area contributed by atoms with Crippen molar-refractivity contribution in [3.05, 3.63) is 18.2 Å². The van der Waals surface area contributed by atoms with Crippen molar-refractivity contribution < 1.29 is 25.9 Å². The summed E-state index contributed by atoms with van der Waals surface area (Å²) in [6, 6.07) is 4.85. The van der Waals surface area contributed by atoms with E-state index >= 15 is 0 Å². The normalized spacial score (nSPS) is 11.0. The van der Waals surface area contributed by atoms with Gasteiger partial charge in [0.2, 0.25) is 5.71 Å². The summed E-state index contributed by atoms with van der Waals surface area (Å²) >= 11 is 0. The van der Waals surface area contributed by atoms with Gasteiger partial charge in [0.15, 0.2) is 0 Å². The number of rotatable bonds is 4. The number of hydrazone groups is 1. The largest absolute Gasteiger partial charge is 0.296 e. The topological polar surface area (TPSA) is 181 Å². The molecule has 0 amide bonds. The summed E-state index contributed by atoms with van der Waals surface area (Å²) in [5, 5.41) is 20.2. The lowest BCUT2D eigenvalue weighted by Gasteiger charge is -2.07. The Morgan fingerprint density at radius 3 is 2.10 bits per heavy atom. The molecular formula is C9H6N4O6S2. The predicted octanol–water partition coefficient (Wildman–Crippen LogP) is -0.00494. The molecule has 1 rings (SSSR count). The van der Waals surface area contributed by atoms with Gasteiger partial charge in [0, 0.05) is 0 Å². The van der Waals surface area contributed by atoms with Crippen LogP contribution in [0.4, 0.5) is 5.69 Å². The van der Waals surface area contributed by atoms with Crippen LogP contribution >= 0.6 is 0 Å². The second-order valence-corrected chi connectivity index (χ2v) is 6.22. The third-order valence-corrected chi connectivity index (χ3v) is 3.79. The van der Waals surface area contributed by atoms with Crippen LogP contribution in [0, 0.1) is 22.7 Å². The van der Waals surface area contributed by atoms with Crippen LogP contribution in [0.25, 0.3) is 0 Å². The molecule has 110 valence electrons. The number of hydrogen-bond donors (Lipinski definition) is 3. The second-order valence-electron chi connectivity index (χ2n) is 3.40. The van der Waals surface area contributed by atoms with Crippen LogP contribution in [0.1, 0.15) is 0 Å². The minimum absolute atomic E-state index is 0.546. The molecule has 0 aromatic heterocycles. The van der Waals surface area contributed by atoms with Crippen molar-refractivity contribution >= 4 is 31.6 Å². The van der Waals surface area contributed by atoms with Crippen molar-refractivity contribution in [2.45, 2.75) is 9.79 Å². The fourth-order valence-electron chi connectivity index (χ4n) is 1.17. The van der Waals surface area contributed by atoms with E-state index in [-0.39, 0.29) is 0 Å². The van der Waals surface area contributed by atoms with Gasteiger partial charge < -0.3 is 0 Å². The first kappa shape index (κ1) is 16.5. The van der Waals surface area contributed by atoms with E-state index in [2.05, 4.69) is 5.10 Å². The van der Waals surface area contributed by atoms with Gasteiger partial charge in [0.05, 0.1) is 10.6 Å². The molecule has 0 atom stereocenters. The molecule has 0 aliphatic carbocycles. The summed E-state index contributed by atoms with van der Waals surface area (Å²) < 4.78 is 62.0. The molecule has 0 heterocycles. The monoisotopic (exact) mass is 330 g/mol. The number of benzene rings is 1. The standard InChI is InChI=1S/C9H6N4O6S2/c10-4-6(5-11)12-13-8-3-7(20(14,15)16)1-2-9(8)21(17,18)19/h1-3,13H,(H,14,15,16)(H,17,18,19). The Kier molecular flexibility index (Phi) is 4.62.